The van der Waals surface area contributed by atoms with E-state index in [2.05, 4.69) is 6.92 Å². The van der Waals surface area contributed by atoms with E-state index in [9.17, 15) is 5.11 Å². The van der Waals surface area contributed by atoms with Crippen LogP contribution in [0, 0.1) is 0 Å². The average molecular weight is 190 g/mol. The minimum absolute atomic E-state index is 0.325. The van der Waals surface area contributed by atoms with Crippen LogP contribution in [0.3, 0.4) is 0 Å². The standard InChI is InChI=1S/C10H22O3/c1-6-8-9(3,4)12-13-10(5,11)7-2/h11H,6-8H2,1-5H3. The molecular formula is C10H22O3. The third kappa shape index (κ3) is 6.02. The van der Waals surface area contributed by atoms with Crippen molar-refractivity contribution >= 4 is 0 Å². The van der Waals surface area contributed by atoms with E-state index < -0.39 is 5.79 Å². The summed E-state index contributed by atoms with van der Waals surface area (Å²) in [5.74, 6) is -1.18. The molecule has 0 aliphatic rings. The van der Waals surface area contributed by atoms with Gasteiger partial charge in [0.2, 0.25) is 0 Å². The lowest BCUT2D eigenvalue weighted by molar-refractivity contribution is -0.450. The zero-order valence-corrected chi connectivity index (χ0v) is 9.39. The van der Waals surface area contributed by atoms with Crippen molar-refractivity contribution in [2.75, 3.05) is 0 Å². The van der Waals surface area contributed by atoms with E-state index >= 15 is 0 Å². The van der Waals surface area contributed by atoms with Crippen LogP contribution in [0.1, 0.15) is 53.9 Å². The number of aliphatic hydroxyl groups is 1. The Morgan fingerprint density at radius 2 is 1.62 bits per heavy atom. The van der Waals surface area contributed by atoms with Gasteiger partial charge >= 0.3 is 0 Å². The maximum atomic E-state index is 9.51. The van der Waals surface area contributed by atoms with E-state index in [4.69, 9.17) is 9.78 Å². The highest BCUT2D eigenvalue weighted by atomic mass is 17.2. The van der Waals surface area contributed by atoms with Crippen LogP contribution in [0.15, 0.2) is 0 Å². The van der Waals surface area contributed by atoms with Gasteiger partial charge in [0.05, 0.1) is 5.60 Å². The van der Waals surface area contributed by atoms with Crippen molar-refractivity contribution in [2.24, 2.45) is 0 Å². The lowest BCUT2D eigenvalue weighted by Crippen LogP contribution is -2.33. The SMILES string of the molecule is CCCC(C)(C)OOC(C)(O)CC. The van der Waals surface area contributed by atoms with Gasteiger partial charge in [0.1, 0.15) is 0 Å². The van der Waals surface area contributed by atoms with Crippen LogP contribution in [0.5, 0.6) is 0 Å². The smallest absolute Gasteiger partial charge is 0.196 e. The molecule has 0 amide bonds. The largest absolute Gasteiger partial charge is 0.363 e. The quantitative estimate of drug-likeness (QED) is 0.397. The second kappa shape index (κ2) is 4.94. The van der Waals surface area contributed by atoms with E-state index in [0.29, 0.717) is 6.42 Å². The summed E-state index contributed by atoms with van der Waals surface area (Å²) in [5.41, 5.74) is -0.325. The molecule has 0 aliphatic carbocycles. The summed E-state index contributed by atoms with van der Waals surface area (Å²) < 4.78 is 0. The van der Waals surface area contributed by atoms with Crippen LogP contribution < -0.4 is 0 Å². The van der Waals surface area contributed by atoms with Crippen molar-refractivity contribution in [2.45, 2.75) is 65.3 Å². The summed E-state index contributed by atoms with van der Waals surface area (Å²) in [6.07, 6.45) is 2.45. The molecule has 3 nitrogen and oxygen atoms in total. The molecule has 13 heavy (non-hydrogen) atoms. The van der Waals surface area contributed by atoms with Crippen LogP contribution in [-0.4, -0.2) is 16.5 Å². The second-order valence-electron chi connectivity index (χ2n) is 4.20. The Morgan fingerprint density at radius 3 is 2.00 bits per heavy atom. The number of hydrogen-bond acceptors (Lipinski definition) is 3. The monoisotopic (exact) mass is 190 g/mol. The first-order valence-corrected chi connectivity index (χ1v) is 4.92. The first kappa shape index (κ1) is 12.9. The predicted molar refractivity (Wildman–Crippen MR) is 52.1 cm³/mol. The Labute approximate surface area is 81.0 Å². The fraction of sp³-hybridized carbons (Fsp3) is 1.00. The second-order valence-corrected chi connectivity index (χ2v) is 4.20. The van der Waals surface area contributed by atoms with Gasteiger partial charge < -0.3 is 5.11 Å². The van der Waals surface area contributed by atoms with Gasteiger partial charge in [0.15, 0.2) is 5.79 Å². The molecule has 0 aromatic heterocycles. The van der Waals surface area contributed by atoms with E-state index in [1.807, 2.05) is 20.8 Å². The molecule has 0 fully saturated rings. The third-order valence-corrected chi connectivity index (χ3v) is 1.95. The molecule has 0 aromatic carbocycles. The predicted octanol–water partition coefficient (Wildman–Crippen LogP) is 2.63. The Bertz CT molecular complexity index is 141. The molecular weight excluding hydrogens is 168 g/mol. The van der Waals surface area contributed by atoms with Crippen molar-refractivity contribution in [1.29, 1.82) is 0 Å². The summed E-state index contributed by atoms with van der Waals surface area (Å²) in [6, 6.07) is 0. The molecule has 0 radical (unpaired) electrons. The van der Waals surface area contributed by atoms with Crippen LogP contribution >= 0.6 is 0 Å². The molecule has 1 atom stereocenters. The van der Waals surface area contributed by atoms with Crippen LogP contribution in [-0.2, 0) is 9.78 Å². The molecule has 3 heteroatoms. The van der Waals surface area contributed by atoms with Crippen molar-refractivity contribution < 1.29 is 14.9 Å². The molecule has 0 bridgehead atoms. The molecule has 0 saturated carbocycles. The van der Waals surface area contributed by atoms with Crippen LogP contribution in [0.2, 0.25) is 0 Å². The number of rotatable bonds is 6. The normalized spacial score (nSPS) is 17.1. The minimum Gasteiger partial charge on any atom is -0.363 e. The molecule has 0 rings (SSSR count). The Kier molecular flexibility index (Phi) is 4.89. The van der Waals surface area contributed by atoms with Gasteiger partial charge in [0.25, 0.3) is 0 Å². The zero-order valence-electron chi connectivity index (χ0n) is 9.39. The van der Waals surface area contributed by atoms with Gasteiger partial charge in [-0.2, -0.15) is 0 Å². The zero-order chi connectivity index (χ0) is 10.5. The van der Waals surface area contributed by atoms with Crippen LogP contribution in [0.4, 0.5) is 0 Å². The molecule has 0 saturated heterocycles. The lowest BCUT2D eigenvalue weighted by Gasteiger charge is -2.28. The van der Waals surface area contributed by atoms with Crippen molar-refractivity contribution in [1.82, 2.24) is 0 Å². The van der Waals surface area contributed by atoms with Crippen molar-refractivity contribution in [3.63, 3.8) is 0 Å². The van der Waals surface area contributed by atoms with Gasteiger partial charge in [-0.1, -0.05) is 20.3 Å². The summed E-state index contributed by atoms with van der Waals surface area (Å²) in [7, 11) is 0. The van der Waals surface area contributed by atoms with E-state index in [1.165, 1.54) is 0 Å². The Morgan fingerprint density at radius 1 is 1.08 bits per heavy atom. The summed E-state index contributed by atoms with van der Waals surface area (Å²) >= 11 is 0. The highest BCUT2D eigenvalue weighted by Crippen LogP contribution is 2.21. The summed E-state index contributed by atoms with van der Waals surface area (Å²) in [4.78, 5) is 10.1. The summed E-state index contributed by atoms with van der Waals surface area (Å²) in [6.45, 7) is 9.42. The Hall–Kier alpha value is -0.120. The van der Waals surface area contributed by atoms with E-state index in [-0.39, 0.29) is 5.60 Å². The molecule has 1 unspecified atom stereocenters. The fourth-order valence-corrected chi connectivity index (χ4v) is 0.905. The van der Waals surface area contributed by atoms with E-state index in [1.54, 1.807) is 6.92 Å². The topological polar surface area (TPSA) is 38.7 Å². The fourth-order valence-electron chi connectivity index (χ4n) is 0.905. The first-order chi connectivity index (χ1) is 5.83. The highest BCUT2D eigenvalue weighted by molar-refractivity contribution is 4.65. The molecule has 1 N–H and O–H groups in total. The maximum Gasteiger partial charge on any atom is 0.196 e. The van der Waals surface area contributed by atoms with Gasteiger partial charge in [-0.3, -0.25) is 0 Å². The Balaban J connectivity index is 3.86. The molecule has 0 aromatic rings. The maximum absolute atomic E-state index is 9.51. The highest BCUT2D eigenvalue weighted by Gasteiger charge is 2.25. The van der Waals surface area contributed by atoms with Gasteiger partial charge in [0, 0.05) is 6.42 Å². The summed E-state index contributed by atoms with van der Waals surface area (Å²) in [5, 5.41) is 9.51. The van der Waals surface area contributed by atoms with Crippen molar-refractivity contribution in [3.8, 4) is 0 Å². The lowest BCUT2D eigenvalue weighted by atomic mass is 10.0. The van der Waals surface area contributed by atoms with Crippen LogP contribution in [0.25, 0.3) is 0 Å². The third-order valence-electron chi connectivity index (χ3n) is 1.95. The number of hydrogen-bond donors (Lipinski definition) is 1. The first-order valence-electron chi connectivity index (χ1n) is 4.92. The average Bonchev–Trinajstić information content (AvgIpc) is 2.02. The molecule has 80 valence electrons. The minimum atomic E-state index is -1.18. The van der Waals surface area contributed by atoms with Crippen molar-refractivity contribution in [3.05, 3.63) is 0 Å². The van der Waals surface area contributed by atoms with Gasteiger partial charge in [-0.15, -0.1) is 0 Å². The molecule has 0 heterocycles. The van der Waals surface area contributed by atoms with E-state index in [0.717, 1.165) is 12.8 Å². The molecule has 0 aliphatic heterocycles. The molecule has 0 spiro atoms. The van der Waals surface area contributed by atoms with Gasteiger partial charge in [-0.05, 0) is 27.2 Å². The van der Waals surface area contributed by atoms with Gasteiger partial charge in [-0.25, -0.2) is 9.78 Å².